The Morgan fingerprint density at radius 2 is 2.07 bits per heavy atom. The first-order valence-corrected chi connectivity index (χ1v) is 9.55. The minimum Gasteiger partial charge on any atom is -0.487 e. The first-order valence-electron chi connectivity index (χ1n) is 9.17. The fourth-order valence-corrected chi connectivity index (χ4v) is 3.18. The first kappa shape index (κ1) is 19.9. The molecule has 0 atom stereocenters. The molecule has 0 saturated carbocycles. The molecule has 0 radical (unpaired) electrons. The number of rotatable bonds is 7. The Morgan fingerprint density at radius 1 is 1.17 bits per heavy atom. The van der Waals surface area contributed by atoms with Crippen molar-refractivity contribution in [2.45, 2.75) is 6.61 Å². The Labute approximate surface area is 177 Å². The monoisotopic (exact) mass is 424 g/mol. The molecule has 0 aliphatic rings. The maximum absolute atomic E-state index is 13.3. The van der Waals surface area contributed by atoms with Gasteiger partial charge in [-0.2, -0.15) is 0 Å². The number of fused-ring (bicyclic) bond motifs is 1. The standard InChI is InChI=1S/C22H18ClFN4O2/c23-18-10-17(6-7-20(18)30-12-14-3-1-4-15(24)9-14)28-22-21-19(25-13-26-22)11-16(27-21)5-2-8-29/h1-7,9-11,13,27,29H,8,12H2,(H,25,26,28). The van der Waals surface area contributed by atoms with Crippen LogP contribution in [-0.4, -0.2) is 26.7 Å². The molecule has 0 aliphatic carbocycles. The number of aromatic amines is 1. The van der Waals surface area contributed by atoms with Gasteiger partial charge in [0.1, 0.15) is 30.0 Å². The minimum absolute atomic E-state index is 0.0434. The highest BCUT2D eigenvalue weighted by atomic mass is 35.5. The minimum atomic E-state index is -0.308. The van der Waals surface area contributed by atoms with Crippen molar-refractivity contribution in [3.05, 3.63) is 83.0 Å². The summed E-state index contributed by atoms with van der Waals surface area (Å²) in [6.07, 6.45) is 4.87. The van der Waals surface area contributed by atoms with Crippen molar-refractivity contribution in [1.82, 2.24) is 15.0 Å². The summed E-state index contributed by atoms with van der Waals surface area (Å²) >= 11 is 6.36. The third kappa shape index (κ3) is 4.59. The molecule has 4 aromatic rings. The Kier molecular flexibility index (Phi) is 5.92. The molecule has 0 unspecified atom stereocenters. The third-order valence-corrected chi connectivity index (χ3v) is 4.61. The van der Waals surface area contributed by atoms with Crippen molar-refractivity contribution >= 4 is 40.2 Å². The molecular weight excluding hydrogens is 407 g/mol. The maximum Gasteiger partial charge on any atom is 0.158 e. The molecule has 2 heterocycles. The van der Waals surface area contributed by atoms with E-state index in [1.54, 1.807) is 36.4 Å². The van der Waals surface area contributed by atoms with Crippen LogP contribution < -0.4 is 10.1 Å². The highest BCUT2D eigenvalue weighted by Gasteiger charge is 2.09. The van der Waals surface area contributed by atoms with Crippen LogP contribution in [0.4, 0.5) is 15.9 Å². The van der Waals surface area contributed by atoms with E-state index in [1.807, 2.05) is 12.1 Å². The number of ether oxygens (including phenoxy) is 1. The summed E-state index contributed by atoms with van der Waals surface area (Å²) in [5, 5.41) is 12.6. The summed E-state index contributed by atoms with van der Waals surface area (Å²) in [5.41, 5.74) is 3.72. The van der Waals surface area contributed by atoms with Crippen LogP contribution in [-0.2, 0) is 6.61 Å². The van der Waals surface area contributed by atoms with Crippen molar-refractivity contribution in [3.63, 3.8) is 0 Å². The molecule has 0 spiro atoms. The summed E-state index contributed by atoms with van der Waals surface area (Å²) < 4.78 is 19.0. The van der Waals surface area contributed by atoms with Crippen LogP contribution in [0, 0.1) is 5.82 Å². The van der Waals surface area contributed by atoms with E-state index < -0.39 is 0 Å². The molecule has 2 aromatic heterocycles. The number of benzene rings is 2. The molecule has 8 heteroatoms. The number of halogens is 2. The molecule has 0 fully saturated rings. The Balaban J connectivity index is 1.51. The highest BCUT2D eigenvalue weighted by Crippen LogP contribution is 2.31. The van der Waals surface area contributed by atoms with Crippen molar-refractivity contribution in [2.75, 3.05) is 11.9 Å². The Hall–Kier alpha value is -3.42. The number of nitrogens with zero attached hydrogens (tertiary/aromatic N) is 2. The summed E-state index contributed by atoms with van der Waals surface area (Å²) in [6, 6.07) is 13.4. The topological polar surface area (TPSA) is 83.1 Å². The number of H-pyrrole nitrogens is 1. The van der Waals surface area contributed by atoms with Gasteiger partial charge in [-0.15, -0.1) is 0 Å². The maximum atomic E-state index is 13.3. The fourth-order valence-electron chi connectivity index (χ4n) is 2.94. The van der Waals surface area contributed by atoms with Crippen LogP contribution in [0.15, 0.2) is 60.9 Å². The van der Waals surface area contributed by atoms with E-state index in [0.717, 1.165) is 28.0 Å². The van der Waals surface area contributed by atoms with Gasteiger partial charge in [0.25, 0.3) is 0 Å². The summed E-state index contributed by atoms with van der Waals surface area (Å²) in [7, 11) is 0. The van der Waals surface area contributed by atoms with Gasteiger partial charge in [-0.3, -0.25) is 0 Å². The van der Waals surface area contributed by atoms with Gasteiger partial charge in [-0.1, -0.05) is 29.8 Å². The molecule has 3 N–H and O–H groups in total. The van der Waals surface area contributed by atoms with Crippen LogP contribution >= 0.6 is 11.6 Å². The molecule has 30 heavy (non-hydrogen) atoms. The van der Waals surface area contributed by atoms with E-state index in [2.05, 4.69) is 20.3 Å². The van der Waals surface area contributed by atoms with Crippen LogP contribution in [0.1, 0.15) is 11.3 Å². The van der Waals surface area contributed by atoms with Crippen molar-refractivity contribution < 1.29 is 14.2 Å². The largest absolute Gasteiger partial charge is 0.487 e. The second-order valence-electron chi connectivity index (χ2n) is 6.48. The molecule has 0 amide bonds. The lowest BCUT2D eigenvalue weighted by Crippen LogP contribution is -1.98. The van der Waals surface area contributed by atoms with Gasteiger partial charge in [0, 0.05) is 11.4 Å². The van der Waals surface area contributed by atoms with Crippen LogP contribution in [0.25, 0.3) is 17.1 Å². The van der Waals surface area contributed by atoms with Crippen LogP contribution in [0.5, 0.6) is 5.75 Å². The Bertz CT molecular complexity index is 1210. The quantitative estimate of drug-likeness (QED) is 0.385. The molecular formula is C22H18ClFN4O2. The predicted molar refractivity (Wildman–Crippen MR) is 115 cm³/mol. The summed E-state index contributed by atoms with van der Waals surface area (Å²) in [5.74, 6) is 0.779. The Morgan fingerprint density at radius 3 is 2.87 bits per heavy atom. The zero-order valence-corrected chi connectivity index (χ0v) is 16.5. The third-order valence-electron chi connectivity index (χ3n) is 4.32. The van der Waals surface area contributed by atoms with Gasteiger partial charge in [0.15, 0.2) is 5.82 Å². The van der Waals surface area contributed by atoms with Gasteiger partial charge >= 0.3 is 0 Å². The molecule has 6 nitrogen and oxygen atoms in total. The van der Waals surface area contributed by atoms with Gasteiger partial charge < -0.3 is 20.1 Å². The zero-order valence-electron chi connectivity index (χ0n) is 15.8. The predicted octanol–water partition coefficient (Wildman–Crippen LogP) is 5.08. The smallest absolute Gasteiger partial charge is 0.158 e. The average Bonchev–Trinajstić information content (AvgIpc) is 3.16. The van der Waals surface area contributed by atoms with E-state index in [0.29, 0.717) is 16.6 Å². The van der Waals surface area contributed by atoms with Crippen molar-refractivity contribution in [2.24, 2.45) is 0 Å². The molecule has 0 aliphatic heterocycles. The molecule has 2 aromatic carbocycles. The van der Waals surface area contributed by atoms with Gasteiger partial charge in [-0.25, -0.2) is 14.4 Å². The normalized spacial score (nSPS) is 11.3. The molecule has 0 bridgehead atoms. The van der Waals surface area contributed by atoms with Crippen LogP contribution in [0.2, 0.25) is 5.02 Å². The van der Waals surface area contributed by atoms with Crippen LogP contribution in [0.3, 0.4) is 0 Å². The van der Waals surface area contributed by atoms with E-state index in [1.165, 1.54) is 18.5 Å². The van der Waals surface area contributed by atoms with E-state index >= 15 is 0 Å². The fraction of sp³-hybridized carbons (Fsp3) is 0.0909. The summed E-state index contributed by atoms with van der Waals surface area (Å²) in [6.45, 7) is 0.168. The number of hydrogen-bond acceptors (Lipinski definition) is 5. The number of aromatic nitrogens is 3. The van der Waals surface area contributed by atoms with Gasteiger partial charge in [0.2, 0.25) is 0 Å². The molecule has 0 saturated heterocycles. The lowest BCUT2D eigenvalue weighted by Gasteiger charge is -2.11. The number of anilines is 2. The van der Waals surface area contributed by atoms with Crippen molar-refractivity contribution in [1.29, 1.82) is 0 Å². The van der Waals surface area contributed by atoms with E-state index in [4.69, 9.17) is 21.4 Å². The summed E-state index contributed by atoms with van der Waals surface area (Å²) in [4.78, 5) is 11.8. The first-order chi connectivity index (χ1) is 14.6. The van der Waals surface area contributed by atoms with E-state index in [-0.39, 0.29) is 19.0 Å². The average molecular weight is 425 g/mol. The van der Waals surface area contributed by atoms with E-state index in [9.17, 15) is 4.39 Å². The number of nitrogens with one attached hydrogen (secondary N) is 2. The lowest BCUT2D eigenvalue weighted by molar-refractivity contribution is 0.306. The number of aliphatic hydroxyl groups excluding tert-OH is 1. The molecule has 4 rings (SSSR count). The lowest BCUT2D eigenvalue weighted by atomic mass is 10.2. The van der Waals surface area contributed by atoms with Gasteiger partial charge in [-0.05, 0) is 48.0 Å². The second kappa shape index (κ2) is 8.94. The number of hydrogen-bond donors (Lipinski definition) is 3. The molecule has 152 valence electrons. The number of aliphatic hydroxyl groups is 1. The highest BCUT2D eigenvalue weighted by molar-refractivity contribution is 6.32. The van der Waals surface area contributed by atoms with Gasteiger partial charge in [0.05, 0.1) is 17.1 Å². The van der Waals surface area contributed by atoms with Crippen molar-refractivity contribution in [3.8, 4) is 5.75 Å². The zero-order chi connectivity index (χ0) is 20.9. The SMILES string of the molecule is OCC=Cc1cc2ncnc(Nc3ccc(OCc4cccc(F)c4)c(Cl)c3)c2[nH]1. The second-order valence-corrected chi connectivity index (χ2v) is 6.89.